The Kier molecular flexibility index (Phi) is 3.90. The molecule has 0 spiro atoms. The maximum absolute atomic E-state index is 13.5. The Morgan fingerprint density at radius 3 is 2.90 bits per heavy atom. The first-order valence-corrected chi connectivity index (χ1v) is 7.10. The Hall–Kier alpha value is -1.58. The molecule has 3 rings (SSSR count). The topological polar surface area (TPSA) is 15.3 Å². The molecule has 0 saturated heterocycles. The highest BCUT2D eigenvalue weighted by molar-refractivity contribution is 6.31. The van der Waals surface area contributed by atoms with E-state index < -0.39 is 0 Å². The number of fused-ring (bicyclic) bond motifs is 1. The highest BCUT2D eigenvalue weighted by atomic mass is 35.5. The Labute approximate surface area is 123 Å². The van der Waals surface area contributed by atoms with Gasteiger partial charge in [-0.1, -0.05) is 41.9 Å². The van der Waals surface area contributed by atoms with Gasteiger partial charge in [-0.15, -0.1) is 0 Å². The minimum atomic E-state index is -0.356. The molecule has 2 nitrogen and oxygen atoms in total. The van der Waals surface area contributed by atoms with Crippen molar-refractivity contribution in [2.24, 2.45) is 0 Å². The van der Waals surface area contributed by atoms with Crippen LogP contribution in [0.4, 0.5) is 10.1 Å². The average Bonchev–Trinajstić information content (AvgIpc) is 2.67. The van der Waals surface area contributed by atoms with Gasteiger partial charge < -0.3 is 10.2 Å². The number of anilines is 1. The fourth-order valence-electron chi connectivity index (χ4n) is 2.57. The van der Waals surface area contributed by atoms with Gasteiger partial charge >= 0.3 is 0 Å². The first-order chi connectivity index (χ1) is 9.75. The van der Waals surface area contributed by atoms with Crippen molar-refractivity contribution in [3.05, 3.63) is 64.4 Å². The molecule has 0 fully saturated rings. The molecule has 0 saturated carbocycles. The zero-order valence-electron chi connectivity index (χ0n) is 11.1. The molecular weight excluding hydrogens is 275 g/mol. The van der Waals surface area contributed by atoms with E-state index in [0.717, 1.165) is 25.2 Å². The van der Waals surface area contributed by atoms with E-state index in [1.54, 1.807) is 6.07 Å². The van der Waals surface area contributed by atoms with E-state index >= 15 is 0 Å². The fourth-order valence-corrected chi connectivity index (χ4v) is 2.75. The number of rotatable bonds is 2. The van der Waals surface area contributed by atoms with Gasteiger partial charge in [-0.2, -0.15) is 0 Å². The Morgan fingerprint density at radius 2 is 2.00 bits per heavy atom. The van der Waals surface area contributed by atoms with Crippen LogP contribution in [0.2, 0.25) is 5.02 Å². The number of hydrogen-bond acceptors (Lipinski definition) is 2. The third-order valence-corrected chi connectivity index (χ3v) is 4.02. The van der Waals surface area contributed by atoms with Crippen LogP contribution in [0.25, 0.3) is 0 Å². The van der Waals surface area contributed by atoms with Gasteiger partial charge in [0.25, 0.3) is 0 Å². The molecule has 0 amide bonds. The SMILES string of the molecule is Fc1cccc(CN2CCNCc3ccccc32)c1Cl. The van der Waals surface area contributed by atoms with E-state index in [4.69, 9.17) is 11.6 Å². The maximum atomic E-state index is 13.5. The molecule has 4 heteroatoms. The highest BCUT2D eigenvalue weighted by Crippen LogP contribution is 2.27. The van der Waals surface area contributed by atoms with Gasteiger partial charge in [-0.3, -0.25) is 0 Å². The number of para-hydroxylation sites is 1. The molecule has 1 N–H and O–H groups in total. The second-order valence-electron chi connectivity index (χ2n) is 4.94. The minimum Gasteiger partial charge on any atom is -0.366 e. The van der Waals surface area contributed by atoms with E-state index in [1.807, 2.05) is 18.2 Å². The van der Waals surface area contributed by atoms with Crippen LogP contribution in [0.5, 0.6) is 0 Å². The van der Waals surface area contributed by atoms with Crippen molar-refractivity contribution in [3.63, 3.8) is 0 Å². The predicted molar refractivity (Wildman–Crippen MR) is 80.6 cm³/mol. The molecule has 0 bridgehead atoms. The zero-order valence-corrected chi connectivity index (χ0v) is 11.8. The van der Waals surface area contributed by atoms with Crippen LogP contribution in [0.1, 0.15) is 11.1 Å². The number of nitrogens with zero attached hydrogens (tertiary/aromatic N) is 1. The summed E-state index contributed by atoms with van der Waals surface area (Å²) in [6.07, 6.45) is 0. The summed E-state index contributed by atoms with van der Waals surface area (Å²) >= 11 is 6.06. The number of nitrogens with one attached hydrogen (secondary N) is 1. The van der Waals surface area contributed by atoms with E-state index in [0.29, 0.717) is 6.54 Å². The van der Waals surface area contributed by atoms with Gasteiger partial charge in [0.15, 0.2) is 0 Å². The van der Waals surface area contributed by atoms with E-state index in [1.165, 1.54) is 17.3 Å². The number of hydrogen-bond donors (Lipinski definition) is 1. The van der Waals surface area contributed by atoms with Crippen molar-refractivity contribution in [1.82, 2.24) is 5.32 Å². The molecule has 2 aromatic carbocycles. The minimum absolute atomic E-state index is 0.224. The Balaban J connectivity index is 1.92. The second-order valence-corrected chi connectivity index (χ2v) is 5.32. The molecule has 0 aromatic heterocycles. The van der Waals surface area contributed by atoms with Gasteiger partial charge in [0, 0.05) is 31.9 Å². The summed E-state index contributed by atoms with van der Waals surface area (Å²) < 4.78 is 13.5. The molecule has 1 heterocycles. The molecule has 0 radical (unpaired) electrons. The van der Waals surface area contributed by atoms with Crippen molar-refractivity contribution in [2.75, 3.05) is 18.0 Å². The van der Waals surface area contributed by atoms with Crippen LogP contribution in [0.15, 0.2) is 42.5 Å². The van der Waals surface area contributed by atoms with E-state index in [-0.39, 0.29) is 10.8 Å². The lowest BCUT2D eigenvalue weighted by molar-refractivity contribution is 0.624. The van der Waals surface area contributed by atoms with Crippen LogP contribution in [0, 0.1) is 5.82 Å². The summed E-state index contributed by atoms with van der Waals surface area (Å²) in [5.41, 5.74) is 3.28. The third-order valence-electron chi connectivity index (χ3n) is 3.60. The van der Waals surface area contributed by atoms with Gasteiger partial charge in [0.1, 0.15) is 5.82 Å². The van der Waals surface area contributed by atoms with Crippen LogP contribution in [0.3, 0.4) is 0 Å². The van der Waals surface area contributed by atoms with Crippen LogP contribution in [-0.4, -0.2) is 13.1 Å². The number of benzene rings is 2. The van der Waals surface area contributed by atoms with Gasteiger partial charge in [0.05, 0.1) is 5.02 Å². The van der Waals surface area contributed by atoms with Crippen LogP contribution >= 0.6 is 11.6 Å². The monoisotopic (exact) mass is 290 g/mol. The molecule has 1 aliphatic heterocycles. The van der Waals surface area contributed by atoms with Crippen molar-refractivity contribution in [2.45, 2.75) is 13.1 Å². The molecule has 0 atom stereocenters. The Morgan fingerprint density at radius 1 is 1.15 bits per heavy atom. The normalized spacial score (nSPS) is 14.8. The molecule has 0 unspecified atom stereocenters. The van der Waals surface area contributed by atoms with Gasteiger partial charge in [0.2, 0.25) is 0 Å². The van der Waals surface area contributed by atoms with Crippen molar-refractivity contribution in [3.8, 4) is 0 Å². The molecule has 104 valence electrons. The molecule has 2 aromatic rings. The molecule has 0 aliphatic carbocycles. The summed E-state index contributed by atoms with van der Waals surface area (Å²) in [6.45, 7) is 3.27. The second kappa shape index (κ2) is 5.81. The van der Waals surface area contributed by atoms with Gasteiger partial charge in [-0.05, 0) is 23.3 Å². The van der Waals surface area contributed by atoms with E-state index in [9.17, 15) is 4.39 Å². The lowest BCUT2D eigenvalue weighted by atomic mass is 10.1. The molecular formula is C16H16ClFN2. The molecule has 1 aliphatic rings. The van der Waals surface area contributed by atoms with Crippen molar-refractivity contribution < 1.29 is 4.39 Å². The largest absolute Gasteiger partial charge is 0.366 e. The zero-order chi connectivity index (χ0) is 13.9. The highest BCUT2D eigenvalue weighted by Gasteiger charge is 2.16. The lowest BCUT2D eigenvalue weighted by Gasteiger charge is -2.25. The first kappa shape index (κ1) is 13.4. The quantitative estimate of drug-likeness (QED) is 0.909. The Bertz CT molecular complexity index is 615. The summed E-state index contributed by atoms with van der Waals surface area (Å²) in [6, 6.07) is 13.3. The lowest BCUT2D eigenvalue weighted by Crippen LogP contribution is -2.28. The van der Waals surface area contributed by atoms with Crippen LogP contribution < -0.4 is 10.2 Å². The summed E-state index contributed by atoms with van der Waals surface area (Å²) in [7, 11) is 0. The van der Waals surface area contributed by atoms with Crippen molar-refractivity contribution in [1.29, 1.82) is 0 Å². The number of halogens is 2. The standard InChI is InChI=1S/C16H16ClFN2/c17-16-13(5-3-6-14(16)18)11-20-9-8-19-10-12-4-1-2-7-15(12)20/h1-7,19H,8-11H2. The molecule has 20 heavy (non-hydrogen) atoms. The smallest absolute Gasteiger partial charge is 0.142 e. The van der Waals surface area contributed by atoms with Crippen molar-refractivity contribution >= 4 is 17.3 Å². The maximum Gasteiger partial charge on any atom is 0.142 e. The third kappa shape index (κ3) is 2.65. The summed E-state index contributed by atoms with van der Waals surface area (Å²) in [5.74, 6) is -0.356. The van der Waals surface area contributed by atoms with E-state index in [2.05, 4.69) is 22.3 Å². The summed E-state index contributed by atoms with van der Waals surface area (Å²) in [5, 5.41) is 3.62. The average molecular weight is 291 g/mol. The van der Waals surface area contributed by atoms with Crippen LogP contribution in [-0.2, 0) is 13.1 Å². The fraction of sp³-hybridized carbons (Fsp3) is 0.250. The van der Waals surface area contributed by atoms with Gasteiger partial charge in [-0.25, -0.2) is 4.39 Å². The first-order valence-electron chi connectivity index (χ1n) is 6.72. The predicted octanol–water partition coefficient (Wildman–Crippen LogP) is 3.59. The summed E-state index contributed by atoms with van der Waals surface area (Å²) in [4.78, 5) is 2.25.